The molecule has 0 radical (unpaired) electrons. The summed E-state index contributed by atoms with van der Waals surface area (Å²) in [7, 11) is 3.24. The molecule has 0 atom stereocenters. The fourth-order valence-electron chi connectivity index (χ4n) is 2.42. The number of amides is 2. The quantitative estimate of drug-likeness (QED) is 0.690. The number of methoxy groups -OCH3 is 1. The Morgan fingerprint density at radius 1 is 1.19 bits per heavy atom. The van der Waals surface area contributed by atoms with Gasteiger partial charge in [-0.15, -0.1) is 0 Å². The van der Waals surface area contributed by atoms with Crippen molar-refractivity contribution in [3.05, 3.63) is 59.2 Å². The fourth-order valence-corrected chi connectivity index (χ4v) is 3.24. The Bertz CT molecular complexity index is 719. The van der Waals surface area contributed by atoms with Crippen LogP contribution < -0.4 is 10.1 Å². The molecule has 6 heteroatoms. The highest BCUT2D eigenvalue weighted by molar-refractivity contribution is 7.98. The maximum atomic E-state index is 12.1. The minimum absolute atomic E-state index is 0.0753. The Labute approximate surface area is 159 Å². The molecule has 0 aromatic heterocycles. The van der Waals surface area contributed by atoms with Crippen LogP contribution in [-0.4, -0.2) is 42.5 Å². The van der Waals surface area contributed by atoms with Crippen molar-refractivity contribution in [1.82, 2.24) is 10.2 Å². The number of thioether (sulfide) groups is 1. The van der Waals surface area contributed by atoms with E-state index in [0.717, 1.165) is 17.1 Å². The number of phenols is 1. The smallest absolute Gasteiger partial charge is 0.317 e. The minimum Gasteiger partial charge on any atom is -0.504 e. The Kier molecular flexibility index (Phi) is 7.66. The van der Waals surface area contributed by atoms with E-state index < -0.39 is 0 Å². The molecule has 2 amide bonds. The van der Waals surface area contributed by atoms with Crippen LogP contribution in [0.2, 0.25) is 0 Å². The first-order valence-corrected chi connectivity index (χ1v) is 9.63. The van der Waals surface area contributed by atoms with E-state index in [9.17, 15) is 9.90 Å². The van der Waals surface area contributed by atoms with E-state index in [-0.39, 0.29) is 11.8 Å². The van der Waals surface area contributed by atoms with E-state index in [1.165, 1.54) is 18.2 Å². The van der Waals surface area contributed by atoms with Crippen LogP contribution in [0.5, 0.6) is 11.5 Å². The highest BCUT2D eigenvalue weighted by Gasteiger charge is 2.10. The molecule has 0 saturated carbocycles. The maximum Gasteiger partial charge on any atom is 0.317 e. The monoisotopic (exact) mass is 374 g/mol. The second-order valence-corrected chi connectivity index (χ2v) is 7.24. The summed E-state index contributed by atoms with van der Waals surface area (Å²) in [5.41, 5.74) is 3.40. The zero-order valence-corrected chi connectivity index (χ0v) is 16.3. The Morgan fingerprint density at radius 3 is 2.54 bits per heavy atom. The molecule has 0 aliphatic rings. The number of benzene rings is 2. The summed E-state index contributed by atoms with van der Waals surface area (Å²) in [5.74, 6) is 2.30. The molecule has 0 spiro atoms. The van der Waals surface area contributed by atoms with Gasteiger partial charge in [0.1, 0.15) is 0 Å². The molecular weight excluding hydrogens is 348 g/mol. The van der Waals surface area contributed by atoms with Crippen LogP contribution in [0.15, 0.2) is 42.5 Å². The molecule has 2 N–H and O–H groups in total. The lowest BCUT2D eigenvalue weighted by molar-refractivity contribution is 0.207. The predicted molar refractivity (Wildman–Crippen MR) is 107 cm³/mol. The average Bonchev–Trinajstić information content (AvgIpc) is 2.63. The van der Waals surface area contributed by atoms with Crippen LogP contribution in [-0.2, 0) is 12.3 Å². The third-order valence-corrected chi connectivity index (χ3v) is 4.95. The Balaban J connectivity index is 1.68. The standard InChI is InChI=1S/C20H26N2O3S/c1-15-4-6-16(7-5-15)14-26-11-10-21-20(24)22(2)13-17-8-9-19(25-3)18(23)12-17/h4-9,12,23H,10-11,13-14H2,1-3H3,(H,21,24). The van der Waals surface area contributed by atoms with Crippen molar-refractivity contribution in [3.63, 3.8) is 0 Å². The summed E-state index contributed by atoms with van der Waals surface area (Å²) >= 11 is 1.80. The topological polar surface area (TPSA) is 61.8 Å². The van der Waals surface area contributed by atoms with E-state index in [1.54, 1.807) is 35.8 Å². The molecule has 2 aromatic rings. The van der Waals surface area contributed by atoms with Crippen LogP contribution in [0.3, 0.4) is 0 Å². The molecule has 140 valence electrons. The summed E-state index contributed by atoms with van der Waals surface area (Å²) in [5, 5.41) is 12.7. The van der Waals surface area contributed by atoms with Crippen LogP contribution in [0.4, 0.5) is 4.79 Å². The molecule has 0 aliphatic carbocycles. The van der Waals surface area contributed by atoms with E-state index in [4.69, 9.17) is 4.74 Å². The molecule has 26 heavy (non-hydrogen) atoms. The maximum absolute atomic E-state index is 12.1. The largest absolute Gasteiger partial charge is 0.504 e. The summed E-state index contributed by atoms with van der Waals surface area (Å²) in [6.07, 6.45) is 0. The molecule has 5 nitrogen and oxygen atoms in total. The van der Waals surface area contributed by atoms with E-state index in [2.05, 4.69) is 36.5 Å². The van der Waals surface area contributed by atoms with Crippen molar-refractivity contribution in [2.45, 2.75) is 19.2 Å². The van der Waals surface area contributed by atoms with Crippen LogP contribution in [0.25, 0.3) is 0 Å². The summed E-state index contributed by atoms with van der Waals surface area (Å²) < 4.78 is 5.02. The van der Waals surface area contributed by atoms with Gasteiger partial charge >= 0.3 is 6.03 Å². The van der Waals surface area contributed by atoms with Gasteiger partial charge < -0.3 is 20.1 Å². The van der Waals surface area contributed by atoms with Crippen LogP contribution in [0.1, 0.15) is 16.7 Å². The molecule has 0 heterocycles. The second kappa shape index (κ2) is 9.97. The van der Waals surface area contributed by atoms with Gasteiger partial charge in [-0.05, 0) is 30.2 Å². The summed E-state index contributed by atoms with van der Waals surface area (Å²) in [6, 6.07) is 13.5. The average molecular weight is 375 g/mol. The number of phenolic OH excluding ortho intramolecular Hbond substituents is 1. The summed E-state index contributed by atoms with van der Waals surface area (Å²) in [6.45, 7) is 3.11. The number of hydrogen-bond donors (Lipinski definition) is 2. The van der Waals surface area contributed by atoms with Gasteiger partial charge in [-0.25, -0.2) is 4.79 Å². The van der Waals surface area contributed by atoms with Gasteiger partial charge in [0.2, 0.25) is 0 Å². The van der Waals surface area contributed by atoms with Crippen molar-refractivity contribution in [1.29, 1.82) is 0 Å². The van der Waals surface area contributed by atoms with Crippen molar-refractivity contribution in [2.24, 2.45) is 0 Å². The first-order chi connectivity index (χ1) is 12.5. The van der Waals surface area contributed by atoms with E-state index in [0.29, 0.717) is 18.8 Å². The van der Waals surface area contributed by atoms with Gasteiger partial charge in [-0.3, -0.25) is 0 Å². The molecule has 2 aromatic carbocycles. The lowest BCUT2D eigenvalue weighted by Crippen LogP contribution is -2.37. The SMILES string of the molecule is COc1ccc(CN(C)C(=O)NCCSCc2ccc(C)cc2)cc1O. The zero-order chi connectivity index (χ0) is 18.9. The summed E-state index contributed by atoms with van der Waals surface area (Å²) in [4.78, 5) is 13.7. The Hall–Kier alpha value is -2.34. The Morgan fingerprint density at radius 2 is 1.88 bits per heavy atom. The first kappa shape index (κ1) is 20.0. The first-order valence-electron chi connectivity index (χ1n) is 8.47. The van der Waals surface area contributed by atoms with Crippen molar-refractivity contribution in [3.8, 4) is 11.5 Å². The zero-order valence-electron chi connectivity index (χ0n) is 15.5. The number of ether oxygens (including phenoxy) is 1. The third-order valence-electron chi connectivity index (χ3n) is 3.92. The van der Waals surface area contributed by atoms with Gasteiger partial charge in [0, 0.05) is 31.6 Å². The number of carbonyl (C=O) groups is 1. The highest BCUT2D eigenvalue weighted by atomic mass is 32.2. The number of aryl methyl sites for hydroxylation is 1. The van der Waals surface area contributed by atoms with Gasteiger partial charge in [-0.1, -0.05) is 35.9 Å². The van der Waals surface area contributed by atoms with Crippen LogP contribution in [0, 0.1) is 6.92 Å². The number of nitrogens with one attached hydrogen (secondary N) is 1. The van der Waals surface area contributed by atoms with Gasteiger partial charge in [0.25, 0.3) is 0 Å². The second-order valence-electron chi connectivity index (χ2n) is 6.13. The molecule has 0 saturated heterocycles. The molecule has 0 bridgehead atoms. The number of rotatable bonds is 8. The van der Waals surface area contributed by atoms with Crippen molar-refractivity contribution >= 4 is 17.8 Å². The van der Waals surface area contributed by atoms with E-state index >= 15 is 0 Å². The molecule has 0 unspecified atom stereocenters. The van der Waals surface area contributed by atoms with Crippen LogP contribution >= 0.6 is 11.8 Å². The lowest BCUT2D eigenvalue weighted by Gasteiger charge is -2.18. The number of carbonyl (C=O) groups excluding carboxylic acids is 1. The molecular formula is C20H26N2O3S. The lowest BCUT2D eigenvalue weighted by atomic mass is 10.2. The molecule has 2 rings (SSSR count). The minimum atomic E-state index is -0.128. The van der Waals surface area contributed by atoms with Gasteiger partial charge in [-0.2, -0.15) is 11.8 Å². The molecule has 0 aliphatic heterocycles. The van der Waals surface area contributed by atoms with E-state index in [1.807, 2.05) is 6.07 Å². The third kappa shape index (κ3) is 6.19. The molecule has 0 fully saturated rings. The highest BCUT2D eigenvalue weighted by Crippen LogP contribution is 2.26. The normalized spacial score (nSPS) is 10.4. The number of nitrogens with zero attached hydrogens (tertiary/aromatic N) is 1. The number of hydrogen-bond acceptors (Lipinski definition) is 4. The van der Waals surface area contributed by atoms with Gasteiger partial charge in [0.15, 0.2) is 11.5 Å². The van der Waals surface area contributed by atoms with Crippen molar-refractivity contribution < 1.29 is 14.6 Å². The number of urea groups is 1. The number of aromatic hydroxyl groups is 1. The predicted octanol–water partition coefficient (Wildman–Crippen LogP) is 3.78. The fraction of sp³-hybridized carbons (Fsp3) is 0.350. The van der Waals surface area contributed by atoms with Gasteiger partial charge in [0.05, 0.1) is 7.11 Å². The van der Waals surface area contributed by atoms with Crippen molar-refractivity contribution in [2.75, 3.05) is 26.5 Å².